The minimum absolute atomic E-state index is 0.0114. The lowest BCUT2D eigenvalue weighted by atomic mass is 10.2. The van der Waals surface area contributed by atoms with Gasteiger partial charge in [0.2, 0.25) is 0 Å². The topological polar surface area (TPSA) is 35.5 Å². The Morgan fingerprint density at radius 3 is 2.56 bits per heavy atom. The van der Waals surface area contributed by atoms with Crippen LogP contribution < -0.4 is 0 Å². The van der Waals surface area contributed by atoms with Crippen LogP contribution in [0.2, 0.25) is 12.1 Å². The zero-order chi connectivity index (χ0) is 12.8. The summed E-state index contributed by atoms with van der Waals surface area (Å²) in [5.41, 5.74) is 0.976. The van der Waals surface area contributed by atoms with E-state index in [2.05, 4.69) is 0 Å². The summed E-state index contributed by atoms with van der Waals surface area (Å²) in [4.78, 5) is 11.5. The van der Waals surface area contributed by atoms with Gasteiger partial charge in [-0.3, -0.25) is 0 Å². The highest BCUT2D eigenvalue weighted by Crippen LogP contribution is 2.33. The van der Waals surface area contributed by atoms with E-state index < -0.39 is 7.63 Å². The molecule has 0 bridgehead atoms. The molecule has 0 aromatic heterocycles. The molecule has 1 saturated heterocycles. The Morgan fingerprint density at radius 1 is 1.22 bits per heavy atom. The van der Waals surface area contributed by atoms with E-state index in [1.165, 1.54) is 0 Å². The fourth-order valence-corrected chi connectivity index (χ4v) is 5.45. The number of hydrogen-bond donors (Lipinski definition) is 0. The molecule has 18 heavy (non-hydrogen) atoms. The third-order valence-electron chi connectivity index (χ3n) is 3.04. The van der Waals surface area contributed by atoms with Crippen molar-refractivity contribution in [2.45, 2.75) is 31.5 Å². The molecule has 1 aliphatic rings. The molecule has 0 aliphatic carbocycles. The molecule has 1 aromatic rings. The Kier molecular flexibility index (Phi) is 4.80. The van der Waals surface area contributed by atoms with E-state index in [-0.39, 0.29) is 12.6 Å². The molecule has 0 atom stereocenters. The van der Waals surface area contributed by atoms with E-state index in [0.717, 1.165) is 30.5 Å². The van der Waals surface area contributed by atoms with Crippen LogP contribution in [-0.2, 0) is 20.6 Å². The molecule has 1 aromatic carbocycles. The molecule has 0 spiro atoms. The quantitative estimate of drug-likeness (QED) is 0.473. The normalized spacial score (nSPS) is 17.6. The molecular formula is C13H17ClO3Si. The van der Waals surface area contributed by atoms with E-state index in [9.17, 15) is 4.79 Å². The van der Waals surface area contributed by atoms with E-state index in [4.69, 9.17) is 20.2 Å². The van der Waals surface area contributed by atoms with Crippen molar-refractivity contribution in [2.24, 2.45) is 0 Å². The molecular weight excluding hydrogens is 268 g/mol. The van der Waals surface area contributed by atoms with Crippen LogP contribution in [0.25, 0.3) is 0 Å². The number of esters is 1. The molecule has 2 rings (SSSR count). The molecule has 0 radical (unpaired) electrons. The van der Waals surface area contributed by atoms with Crippen molar-refractivity contribution >= 4 is 24.7 Å². The lowest BCUT2D eigenvalue weighted by Gasteiger charge is -2.17. The summed E-state index contributed by atoms with van der Waals surface area (Å²) in [6.07, 6.45) is 2.24. The lowest BCUT2D eigenvalue weighted by Crippen LogP contribution is -2.30. The molecule has 1 fully saturated rings. The number of benzene rings is 1. The van der Waals surface area contributed by atoms with Gasteiger partial charge >= 0.3 is 5.97 Å². The Balaban J connectivity index is 1.69. The van der Waals surface area contributed by atoms with E-state index >= 15 is 0 Å². The summed E-state index contributed by atoms with van der Waals surface area (Å²) in [6, 6.07) is 11.5. The summed E-state index contributed by atoms with van der Waals surface area (Å²) in [6.45, 7) is 0.280. The van der Waals surface area contributed by atoms with Gasteiger partial charge < -0.3 is 9.16 Å². The molecule has 0 amide bonds. The number of hydrogen-bond acceptors (Lipinski definition) is 3. The van der Waals surface area contributed by atoms with Gasteiger partial charge in [0.15, 0.2) is 0 Å². The van der Waals surface area contributed by atoms with Gasteiger partial charge in [-0.1, -0.05) is 43.2 Å². The standard InChI is InChI=1S/C13H17ClO3Si/c14-18(8-4-5-9-18)17-11-13(15)16-10-12-6-2-1-3-7-12/h1-3,6-7H,4-5,8-11H2. The lowest BCUT2D eigenvalue weighted by molar-refractivity contribution is -0.147. The van der Waals surface area contributed by atoms with Gasteiger partial charge in [-0.2, -0.15) is 0 Å². The zero-order valence-electron chi connectivity index (χ0n) is 10.2. The highest BCUT2D eigenvalue weighted by atomic mass is 35.6. The van der Waals surface area contributed by atoms with Crippen molar-refractivity contribution in [1.82, 2.24) is 0 Å². The van der Waals surface area contributed by atoms with Crippen LogP contribution in [0.4, 0.5) is 0 Å². The second-order valence-electron chi connectivity index (χ2n) is 4.53. The first kappa shape index (κ1) is 13.6. The Hall–Kier alpha value is -0.843. The summed E-state index contributed by atoms with van der Waals surface area (Å²) in [5.74, 6) is -0.335. The van der Waals surface area contributed by atoms with Crippen LogP contribution in [0.1, 0.15) is 18.4 Å². The Bertz CT molecular complexity index is 390. The third-order valence-corrected chi connectivity index (χ3v) is 7.36. The number of rotatable bonds is 5. The van der Waals surface area contributed by atoms with Crippen molar-refractivity contribution in [1.29, 1.82) is 0 Å². The fraction of sp³-hybridized carbons (Fsp3) is 0.462. The predicted octanol–water partition coefficient (Wildman–Crippen LogP) is 3.22. The minimum atomic E-state index is -2.09. The largest absolute Gasteiger partial charge is 0.459 e. The highest BCUT2D eigenvalue weighted by Gasteiger charge is 2.37. The zero-order valence-corrected chi connectivity index (χ0v) is 12.0. The van der Waals surface area contributed by atoms with E-state index in [0.29, 0.717) is 6.61 Å². The Labute approximate surface area is 113 Å². The Morgan fingerprint density at radius 2 is 1.89 bits per heavy atom. The van der Waals surface area contributed by atoms with Crippen molar-refractivity contribution in [3.05, 3.63) is 35.9 Å². The number of carbonyl (C=O) groups is 1. The van der Waals surface area contributed by atoms with Gasteiger partial charge in [-0.25, -0.2) is 4.79 Å². The summed E-state index contributed by atoms with van der Waals surface area (Å²) < 4.78 is 10.7. The molecule has 0 unspecified atom stereocenters. The third kappa shape index (κ3) is 4.12. The molecule has 5 heteroatoms. The summed E-state index contributed by atoms with van der Waals surface area (Å²) >= 11 is 6.34. The van der Waals surface area contributed by atoms with Crippen LogP contribution >= 0.6 is 11.1 Å². The van der Waals surface area contributed by atoms with E-state index in [1.54, 1.807) is 0 Å². The van der Waals surface area contributed by atoms with Gasteiger partial charge in [-0.05, 0) is 17.7 Å². The van der Waals surface area contributed by atoms with Gasteiger partial charge in [0.25, 0.3) is 7.63 Å². The maximum Gasteiger partial charge on any atom is 0.331 e. The van der Waals surface area contributed by atoms with Gasteiger partial charge in [-0.15, -0.1) is 11.1 Å². The smallest absolute Gasteiger partial charge is 0.331 e. The van der Waals surface area contributed by atoms with Gasteiger partial charge in [0.1, 0.15) is 13.2 Å². The first-order valence-corrected chi connectivity index (χ1v) is 9.54. The first-order chi connectivity index (χ1) is 8.68. The van der Waals surface area contributed by atoms with Gasteiger partial charge in [0.05, 0.1) is 0 Å². The van der Waals surface area contributed by atoms with Crippen molar-refractivity contribution < 1.29 is 14.0 Å². The van der Waals surface area contributed by atoms with Crippen molar-refractivity contribution in [2.75, 3.05) is 6.61 Å². The highest BCUT2D eigenvalue weighted by molar-refractivity contribution is 7.17. The number of halogens is 1. The summed E-state index contributed by atoms with van der Waals surface area (Å²) in [7, 11) is -2.09. The molecule has 1 heterocycles. The van der Waals surface area contributed by atoms with Crippen molar-refractivity contribution in [3.63, 3.8) is 0 Å². The molecule has 0 N–H and O–H groups in total. The molecule has 0 saturated carbocycles. The molecule has 1 aliphatic heterocycles. The predicted molar refractivity (Wildman–Crippen MR) is 72.6 cm³/mol. The average Bonchev–Trinajstić information content (AvgIpc) is 2.83. The SMILES string of the molecule is O=C(CO[Si]1(Cl)CCCC1)OCc1ccccc1. The first-order valence-electron chi connectivity index (χ1n) is 6.20. The van der Waals surface area contributed by atoms with Crippen LogP contribution in [0.3, 0.4) is 0 Å². The molecule has 98 valence electrons. The van der Waals surface area contributed by atoms with Gasteiger partial charge in [0, 0.05) is 0 Å². The van der Waals surface area contributed by atoms with Crippen LogP contribution in [0.5, 0.6) is 0 Å². The average molecular weight is 285 g/mol. The van der Waals surface area contributed by atoms with Crippen LogP contribution in [0, 0.1) is 0 Å². The van der Waals surface area contributed by atoms with Crippen molar-refractivity contribution in [3.8, 4) is 0 Å². The van der Waals surface area contributed by atoms with Crippen LogP contribution in [-0.4, -0.2) is 20.2 Å². The number of ether oxygens (including phenoxy) is 1. The molecule has 3 nitrogen and oxygen atoms in total. The monoisotopic (exact) mass is 284 g/mol. The maximum absolute atomic E-state index is 11.5. The maximum atomic E-state index is 11.5. The van der Waals surface area contributed by atoms with E-state index in [1.807, 2.05) is 30.3 Å². The second-order valence-corrected chi connectivity index (χ2v) is 9.65. The fourth-order valence-electron chi connectivity index (χ4n) is 2.02. The summed E-state index contributed by atoms with van der Waals surface area (Å²) in [5, 5.41) is 0. The minimum Gasteiger partial charge on any atom is -0.459 e. The number of carbonyl (C=O) groups excluding carboxylic acids is 1. The van der Waals surface area contributed by atoms with Crippen LogP contribution in [0.15, 0.2) is 30.3 Å². The second kappa shape index (κ2) is 6.36.